The highest BCUT2D eigenvalue weighted by Gasteiger charge is 2.21. The first-order valence-corrected chi connectivity index (χ1v) is 8.83. The van der Waals surface area contributed by atoms with Crippen LogP contribution in [0.4, 0.5) is 5.69 Å². The molecule has 3 rings (SSSR count). The van der Waals surface area contributed by atoms with Crippen molar-refractivity contribution in [2.75, 3.05) is 23.9 Å². The van der Waals surface area contributed by atoms with E-state index in [-0.39, 0.29) is 5.91 Å². The fourth-order valence-electron chi connectivity index (χ4n) is 2.58. The van der Waals surface area contributed by atoms with Crippen molar-refractivity contribution < 1.29 is 4.79 Å². The fourth-order valence-corrected chi connectivity index (χ4v) is 3.02. The van der Waals surface area contributed by atoms with Gasteiger partial charge in [-0.25, -0.2) is 0 Å². The Kier molecular flexibility index (Phi) is 4.80. The van der Waals surface area contributed by atoms with Crippen molar-refractivity contribution in [3.8, 4) is 0 Å². The van der Waals surface area contributed by atoms with Gasteiger partial charge in [0.2, 0.25) is 0 Å². The summed E-state index contributed by atoms with van der Waals surface area (Å²) in [7, 11) is 0. The summed E-state index contributed by atoms with van der Waals surface area (Å²) < 4.78 is 0. The summed E-state index contributed by atoms with van der Waals surface area (Å²) in [5.41, 5.74) is 4.64. The summed E-state index contributed by atoms with van der Waals surface area (Å²) in [6, 6.07) is 8.02. The van der Waals surface area contributed by atoms with E-state index in [1.54, 1.807) is 0 Å². The number of anilines is 1. The van der Waals surface area contributed by atoms with E-state index in [2.05, 4.69) is 39.2 Å². The molecule has 0 saturated carbocycles. The number of fused-ring (bicyclic) bond motifs is 1. The number of hydrogen-bond acceptors (Lipinski definition) is 4. The zero-order chi connectivity index (χ0) is 15.4. The minimum absolute atomic E-state index is 0.155. The number of aryl methyl sites for hydroxylation is 1. The van der Waals surface area contributed by atoms with Gasteiger partial charge in [0, 0.05) is 36.5 Å². The van der Waals surface area contributed by atoms with E-state index in [1.807, 2.05) is 23.9 Å². The highest BCUT2D eigenvalue weighted by molar-refractivity contribution is 7.98. The third-order valence-electron chi connectivity index (χ3n) is 3.83. The number of thioether (sulfide) groups is 1. The monoisotopic (exact) mass is 316 g/mol. The number of hydrogen-bond donors (Lipinski definition) is 3. The Balaban J connectivity index is 1.67. The van der Waals surface area contributed by atoms with Gasteiger partial charge in [0.05, 0.1) is 0 Å². The van der Waals surface area contributed by atoms with Gasteiger partial charge in [0.25, 0.3) is 5.91 Å². The average molecular weight is 316 g/mol. The number of nitrogens with one attached hydrogen (secondary N) is 3. The Bertz CT molecular complexity index is 651. The molecule has 0 fully saturated rings. The van der Waals surface area contributed by atoms with Crippen LogP contribution in [0.15, 0.2) is 24.3 Å². The molecular weight excluding hydrogens is 296 g/mol. The molecular formula is C16H20N4OS. The van der Waals surface area contributed by atoms with Gasteiger partial charge in [-0.3, -0.25) is 9.89 Å². The summed E-state index contributed by atoms with van der Waals surface area (Å²) in [5.74, 6) is 0.955. The maximum atomic E-state index is 12.4. The Morgan fingerprint density at radius 1 is 1.36 bits per heavy atom. The van der Waals surface area contributed by atoms with E-state index in [0.717, 1.165) is 42.1 Å². The highest BCUT2D eigenvalue weighted by atomic mass is 32.2. The van der Waals surface area contributed by atoms with Crippen LogP contribution in [0, 0.1) is 0 Å². The molecule has 2 aromatic rings. The molecule has 1 aromatic carbocycles. The van der Waals surface area contributed by atoms with Gasteiger partial charge in [-0.2, -0.15) is 16.9 Å². The number of amides is 1. The minimum Gasteiger partial charge on any atom is -0.321 e. The van der Waals surface area contributed by atoms with E-state index in [0.29, 0.717) is 12.2 Å². The lowest BCUT2D eigenvalue weighted by Crippen LogP contribution is -2.25. The van der Waals surface area contributed by atoms with Gasteiger partial charge < -0.3 is 10.6 Å². The second-order valence-electron chi connectivity index (χ2n) is 5.35. The molecule has 0 unspecified atom stereocenters. The van der Waals surface area contributed by atoms with Crippen molar-refractivity contribution in [1.82, 2.24) is 15.5 Å². The number of rotatable bonds is 5. The quantitative estimate of drug-likeness (QED) is 0.791. The molecule has 116 valence electrons. The largest absolute Gasteiger partial charge is 0.321 e. The summed E-state index contributed by atoms with van der Waals surface area (Å²) in [4.78, 5) is 12.4. The van der Waals surface area contributed by atoms with Gasteiger partial charge in [-0.05, 0) is 36.1 Å². The molecule has 0 spiro atoms. The Hall–Kier alpha value is -1.79. The first-order chi connectivity index (χ1) is 10.8. The van der Waals surface area contributed by atoms with E-state index in [4.69, 9.17) is 0 Å². The number of aromatic nitrogens is 2. The van der Waals surface area contributed by atoms with Crippen molar-refractivity contribution in [1.29, 1.82) is 0 Å². The smallest absolute Gasteiger partial charge is 0.276 e. The first kappa shape index (κ1) is 15.1. The maximum Gasteiger partial charge on any atom is 0.276 e. The Labute approximate surface area is 134 Å². The van der Waals surface area contributed by atoms with Gasteiger partial charge in [-0.1, -0.05) is 12.1 Å². The number of carbonyl (C=O) groups excluding carboxylic acids is 1. The third-order valence-corrected chi connectivity index (χ3v) is 4.44. The summed E-state index contributed by atoms with van der Waals surface area (Å²) in [5, 5.41) is 13.3. The summed E-state index contributed by atoms with van der Waals surface area (Å²) in [6.45, 7) is 1.62. The van der Waals surface area contributed by atoms with Crippen LogP contribution in [-0.2, 0) is 19.4 Å². The molecule has 0 radical (unpaired) electrons. The molecule has 1 aromatic heterocycles. The van der Waals surface area contributed by atoms with Gasteiger partial charge in [0.15, 0.2) is 5.69 Å². The molecule has 0 atom stereocenters. The number of benzene rings is 1. The standard InChI is InChI=1S/C16H20N4OS/c1-22-9-7-11-2-4-12(5-3-11)18-16(21)15-13-10-17-8-6-14(13)19-20-15/h2-5,17H,6-10H2,1H3,(H,18,21)(H,19,20). The lowest BCUT2D eigenvalue weighted by molar-refractivity contribution is 0.102. The van der Waals surface area contributed by atoms with Crippen LogP contribution < -0.4 is 10.6 Å². The van der Waals surface area contributed by atoms with Crippen molar-refractivity contribution in [2.45, 2.75) is 19.4 Å². The number of nitrogens with zero attached hydrogens (tertiary/aromatic N) is 1. The fraction of sp³-hybridized carbons (Fsp3) is 0.375. The van der Waals surface area contributed by atoms with Crippen LogP contribution in [0.25, 0.3) is 0 Å². The first-order valence-electron chi connectivity index (χ1n) is 7.44. The van der Waals surface area contributed by atoms with Crippen LogP contribution in [-0.4, -0.2) is 34.7 Å². The normalized spacial score (nSPS) is 13.7. The molecule has 6 heteroatoms. The molecule has 1 aliphatic heterocycles. The zero-order valence-electron chi connectivity index (χ0n) is 12.6. The minimum atomic E-state index is -0.155. The Morgan fingerprint density at radius 2 is 2.18 bits per heavy atom. The van der Waals surface area contributed by atoms with Crippen LogP contribution in [0.5, 0.6) is 0 Å². The second-order valence-corrected chi connectivity index (χ2v) is 6.34. The summed E-state index contributed by atoms with van der Waals surface area (Å²) in [6.07, 6.45) is 4.04. The second kappa shape index (κ2) is 6.98. The predicted molar refractivity (Wildman–Crippen MR) is 90.5 cm³/mol. The molecule has 1 amide bonds. The zero-order valence-corrected chi connectivity index (χ0v) is 13.4. The van der Waals surface area contributed by atoms with E-state index >= 15 is 0 Å². The SMILES string of the molecule is CSCCc1ccc(NC(=O)c2n[nH]c3c2CNCC3)cc1. The molecule has 5 nitrogen and oxygen atoms in total. The predicted octanol–water partition coefficient (Wildman–Crippen LogP) is 2.21. The molecule has 3 N–H and O–H groups in total. The topological polar surface area (TPSA) is 69.8 Å². The van der Waals surface area contributed by atoms with Crippen molar-refractivity contribution >= 4 is 23.4 Å². The molecule has 22 heavy (non-hydrogen) atoms. The van der Waals surface area contributed by atoms with Crippen LogP contribution in [0.2, 0.25) is 0 Å². The lowest BCUT2D eigenvalue weighted by Gasteiger charge is -2.13. The molecule has 0 aliphatic carbocycles. The number of aromatic amines is 1. The third kappa shape index (κ3) is 3.34. The molecule has 0 bridgehead atoms. The van der Waals surface area contributed by atoms with Gasteiger partial charge >= 0.3 is 0 Å². The van der Waals surface area contributed by atoms with Gasteiger partial charge in [-0.15, -0.1) is 0 Å². The molecule has 2 heterocycles. The van der Waals surface area contributed by atoms with Gasteiger partial charge in [0.1, 0.15) is 0 Å². The van der Waals surface area contributed by atoms with E-state index in [1.165, 1.54) is 5.56 Å². The molecule has 0 saturated heterocycles. The van der Waals surface area contributed by atoms with E-state index in [9.17, 15) is 4.79 Å². The number of H-pyrrole nitrogens is 1. The van der Waals surface area contributed by atoms with Crippen LogP contribution in [0.1, 0.15) is 27.3 Å². The summed E-state index contributed by atoms with van der Waals surface area (Å²) >= 11 is 1.84. The van der Waals surface area contributed by atoms with Crippen molar-refractivity contribution in [3.05, 3.63) is 46.8 Å². The Morgan fingerprint density at radius 3 is 2.95 bits per heavy atom. The maximum absolute atomic E-state index is 12.4. The lowest BCUT2D eigenvalue weighted by atomic mass is 10.1. The van der Waals surface area contributed by atoms with Crippen molar-refractivity contribution in [3.63, 3.8) is 0 Å². The number of carbonyl (C=O) groups is 1. The van der Waals surface area contributed by atoms with E-state index < -0.39 is 0 Å². The average Bonchev–Trinajstić information content (AvgIpc) is 2.98. The highest BCUT2D eigenvalue weighted by Crippen LogP contribution is 2.17. The van der Waals surface area contributed by atoms with Crippen LogP contribution in [0.3, 0.4) is 0 Å². The van der Waals surface area contributed by atoms with Crippen molar-refractivity contribution in [2.24, 2.45) is 0 Å². The van der Waals surface area contributed by atoms with Crippen LogP contribution >= 0.6 is 11.8 Å². The molecule has 1 aliphatic rings.